The molecule has 3 aromatic rings. The maximum Gasteiger partial charge on any atom is 0.240 e. The van der Waals surface area contributed by atoms with Crippen molar-refractivity contribution in [3.8, 4) is 0 Å². The first kappa shape index (κ1) is 22.8. The van der Waals surface area contributed by atoms with Crippen LogP contribution in [0.1, 0.15) is 42.0 Å². The Labute approximate surface area is 203 Å². The number of hydrogen-bond donors (Lipinski definition) is 0. The van der Waals surface area contributed by atoms with Gasteiger partial charge in [-0.2, -0.15) is 0 Å². The van der Waals surface area contributed by atoms with Crippen molar-refractivity contribution in [2.75, 3.05) is 32.7 Å². The van der Waals surface area contributed by atoms with Crippen molar-refractivity contribution >= 4 is 5.91 Å². The van der Waals surface area contributed by atoms with Crippen LogP contribution in [0.5, 0.6) is 0 Å². The molecule has 2 aliphatic heterocycles. The summed E-state index contributed by atoms with van der Waals surface area (Å²) in [4.78, 5) is 20.7. The van der Waals surface area contributed by atoms with E-state index >= 15 is 0 Å². The fourth-order valence-electron chi connectivity index (χ4n) is 5.57. The highest BCUT2D eigenvalue weighted by Crippen LogP contribution is 2.30. The van der Waals surface area contributed by atoms with E-state index in [0.717, 1.165) is 52.1 Å². The summed E-state index contributed by atoms with van der Waals surface area (Å²) < 4.78 is 0. The molecule has 2 heterocycles. The third-order valence-electron chi connectivity index (χ3n) is 7.35. The van der Waals surface area contributed by atoms with E-state index in [4.69, 9.17) is 0 Å². The zero-order valence-corrected chi connectivity index (χ0v) is 19.9. The van der Waals surface area contributed by atoms with Gasteiger partial charge in [0, 0.05) is 32.7 Å². The Morgan fingerprint density at radius 1 is 0.706 bits per heavy atom. The van der Waals surface area contributed by atoms with E-state index in [-0.39, 0.29) is 12.1 Å². The van der Waals surface area contributed by atoms with Gasteiger partial charge in [-0.15, -0.1) is 0 Å². The van der Waals surface area contributed by atoms with E-state index in [1.54, 1.807) is 0 Å². The number of carbonyl (C=O) groups excluding carboxylic acids is 1. The lowest BCUT2D eigenvalue weighted by molar-refractivity contribution is -0.140. The summed E-state index contributed by atoms with van der Waals surface area (Å²) in [6, 6.07) is 32.3. The summed E-state index contributed by atoms with van der Waals surface area (Å²) in [5.41, 5.74) is 3.92. The van der Waals surface area contributed by atoms with Crippen molar-refractivity contribution in [1.29, 1.82) is 0 Å². The van der Waals surface area contributed by atoms with Crippen LogP contribution in [-0.4, -0.2) is 59.4 Å². The average molecular weight is 454 g/mol. The predicted molar refractivity (Wildman–Crippen MR) is 137 cm³/mol. The molecule has 0 saturated carbocycles. The van der Waals surface area contributed by atoms with E-state index in [2.05, 4.69) is 106 Å². The standard InChI is InChI=1S/C30H35N3O/c34-30(28-18-10-11-19-33(28)24-25-12-4-1-5-13-25)32-22-20-31(21-23-32)29(26-14-6-2-7-15-26)27-16-8-3-9-17-27/h1-9,12-17,28-29H,10-11,18-24H2. The molecule has 4 heteroatoms. The molecule has 4 nitrogen and oxygen atoms in total. The third kappa shape index (κ3) is 5.24. The van der Waals surface area contributed by atoms with Crippen LogP contribution in [0.25, 0.3) is 0 Å². The number of likely N-dealkylation sites (tertiary alicyclic amines) is 1. The SMILES string of the molecule is O=C(C1CCCCN1Cc1ccccc1)N1CCN(C(c2ccccc2)c2ccccc2)CC1. The molecular weight excluding hydrogens is 418 g/mol. The summed E-state index contributed by atoms with van der Waals surface area (Å²) in [6.07, 6.45) is 3.30. The number of rotatable bonds is 6. The summed E-state index contributed by atoms with van der Waals surface area (Å²) in [5, 5.41) is 0. The van der Waals surface area contributed by atoms with Gasteiger partial charge in [-0.25, -0.2) is 0 Å². The highest BCUT2D eigenvalue weighted by molar-refractivity contribution is 5.82. The fraction of sp³-hybridized carbons (Fsp3) is 0.367. The average Bonchev–Trinajstić information content (AvgIpc) is 2.91. The molecule has 1 unspecified atom stereocenters. The minimum atomic E-state index is 0.0135. The lowest BCUT2D eigenvalue weighted by Gasteiger charge is -2.43. The molecule has 176 valence electrons. The topological polar surface area (TPSA) is 26.8 Å². The number of nitrogens with zero attached hydrogens (tertiary/aromatic N) is 3. The second-order valence-electron chi connectivity index (χ2n) is 9.55. The lowest BCUT2D eigenvalue weighted by Crippen LogP contribution is -2.56. The second-order valence-corrected chi connectivity index (χ2v) is 9.55. The number of hydrogen-bond acceptors (Lipinski definition) is 3. The highest BCUT2D eigenvalue weighted by Gasteiger charge is 2.34. The number of piperazine rings is 1. The van der Waals surface area contributed by atoms with Gasteiger partial charge >= 0.3 is 0 Å². The lowest BCUT2D eigenvalue weighted by atomic mass is 9.96. The molecule has 1 amide bonds. The summed E-state index contributed by atoms with van der Waals surface area (Å²) >= 11 is 0. The number of benzene rings is 3. The largest absolute Gasteiger partial charge is 0.339 e. The molecular formula is C30H35N3O. The Balaban J connectivity index is 1.26. The fourth-order valence-corrected chi connectivity index (χ4v) is 5.57. The smallest absolute Gasteiger partial charge is 0.240 e. The Morgan fingerprint density at radius 3 is 1.85 bits per heavy atom. The van der Waals surface area contributed by atoms with Gasteiger partial charge in [-0.1, -0.05) is 97.4 Å². The van der Waals surface area contributed by atoms with Crippen LogP contribution < -0.4 is 0 Å². The molecule has 5 rings (SSSR count). The van der Waals surface area contributed by atoms with Crippen molar-refractivity contribution in [3.05, 3.63) is 108 Å². The first-order valence-corrected chi connectivity index (χ1v) is 12.7. The first-order valence-electron chi connectivity index (χ1n) is 12.7. The maximum atomic E-state index is 13.6. The van der Waals surface area contributed by atoms with Crippen LogP contribution in [-0.2, 0) is 11.3 Å². The van der Waals surface area contributed by atoms with Crippen molar-refractivity contribution in [3.63, 3.8) is 0 Å². The van der Waals surface area contributed by atoms with Gasteiger partial charge in [0.05, 0.1) is 12.1 Å². The Hall–Kier alpha value is -2.95. The van der Waals surface area contributed by atoms with Crippen LogP contribution >= 0.6 is 0 Å². The minimum absolute atomic E-state index is 0.0135. The Morgan fingerprint density at radius 2 is 1.26 bits per heavy atom. The van der Waals surface area contributed by atoms with Crippen molar-refractivity contribution in [2.45, 2.75) is 37.9 Å². The molecule has 3 aromatic carbocycles. The number of carbonyl (C=O) groups is 1. The van der Waals surface area contributed by atoms with Crippen molar-refractivity contribution < 1.29 is 4.79 Å². The molecule has 0 bridgehead atoms. The molecule has 2 aliphatic rings. The van der Waals surface area contributed by atoms with E-state index in [9.17, 15) is 4.79 Å². The van der Waals surface area contributed by atoms with Crippen LogP contribution in [0, 0.1) is 0 Å². The van der Waals surface area contributed by atoms with Crippen LogP contribution in [0.3, 0.4) is 0 Å². The van der Waals surface area contributed by atoms with Crippen LogP contribution in [0.4, 0.5) is 0 Å². The van der Waals surface area contributed by atoms with Crippen molar-refractivity contribution in [1.82, 2.24) is 14.7 Å². The molecule has 34 heavy (non-hydrogen) atoms. The molecule has 0 N–H and O–H groups in total. The van der Waals surface area contributed by atoms with Gasteiger partial charge in [-0.05, 0) is 36.1 Å². The van der Waals surface area contributed by atoms with Crippen LogP contribution in [0.15, 0.2) is 91.0 Å². The molecule has 1 atom stereocenters. The monoisotopic (exact) mass is 453 g/mol. The normalized spacial score (nSPS) is 19.9. The molecule has 0 radical (unpaired) electrons. The van der Waals surface area contributed by atoms with Gasteiger partial charge in [0.2, 0.25) is 5.91 Å². The minimum Gasteiger partial charge on any atom is -0.339 e. The Kier molecular flexibility index (Phi) is 7.37. The molecule has 0 aromatic heterocycles. The first-order chi connectivity index (χ1) is 16.8. The van der Waals surface area contributed by atoms with E-state index in [1.807, 2.05) is 0 Å². The Bertz CT molecular complexity index is 993. The summed E-state index contributed by atoms with van der Waals surface area (Å²) in [7, 11) is 0. The summed E-state index contributed by atoms with van der Waals surface area (Å²) in [5.74, 6) is 0.325. The zero-order chi connectivity index (χ0) is 23.2. The molecule has 2 fully saturated rings. The third-order valence-corrected chi connectivity index (χ3v) is 7.35. The number of piperidine rings is 1. The summed E-state index contributed by atoms with van der Waals surface area (Å²) in [6.45, 7) is 5.25. The second kappa shape index (κ2) is 11.0. The predicted octanol–water partition coefficient (Wildman–Crippen LogP) is 4.97. The molecule has 0 aliphatic carbocycles. The quantitative estimate of drug-likeness (QED) is 0.527. The van der Waals surface area contributed by atoms with E-state index in [1.165, 1.54) is 23.1 Å². The van der Waals surface area contributed by atoms with E-state index in [0.29, 0.717) is 5.91 Å². The van der Waals surface area contributed by atoms with Crippen molar-refractivity contribution in [2.24, 2.45) is 0 Å². The molecule has 0 spiro atoms. The zero-order valence-electron chi connectivity index (χ0n) is 19.9. The number of amides is 1. The molecule has 2 saturated heterocycles. The van der Waals surface area contributed by atoms with Gasteiger partial charge in [0.15, 0.2) is 0 Å². The van der Waals surface area contributed by atoms with E-state index < -0.39 is 0 Å². The highest BCUT2D eigenvalue weighted by atomic mass is 16.2. The maximum absolute atomic E-state index is 13.6. The van der Waals surface area contributed by atoms with Gasteiger partial charge in [-0.3, -0.25) is 14.6 Å². The van der Waals surface area contributed by atoms with Gasteiger partial charge in [0.25, 0.3) is 0 Å². The van der Waals surface area contributed by atoms with Crippen LogP contribution in [0.2, 0.25) is 0 Å². The van der Waals surface area contributed by atoms with Gasteiger partial charge in [0.1, 0.15) is 0 Å². The van der Waals surface area contributed by atoms with Gasteiger partial charge < -0.3 is 4.90 Å².